The highest BCUT2D eigenvalue weighted by atomic mass is 16.5. The van der Waals surface area contributed by atoms with Gasteiger partial charge in [0.05, 0.1) is 6.61 Å². The molecule has 0 amide bonds. The van der Waals surface area contributed by atoms with E-state index in [0.29, 0.717) is 6.61 Å². The van der Waals surface area contributed by atoms with Crippen LogP contribution in [0.2, 0.25) is 0 Å². The van der Waals surface area contributed by atoms with Crippen molar-refractivity contribution in [2.75, 3.05) is 18.1 Å². The normalized spacial score (nSPS) is 23.1. The summed E-state index contributed by atoms with van der Waals surface area (Å²) in [7, 11) is 0. The Morgan fingerprint density at radius 1 is 1.35 bits per heavy atom. The van der Waals surface area contributed by atoms with Crippen LogP contribution in [0, 0.1) is 6.92 Å². The van der Waals surface area contributed by atoms with Crippen LogP contribution < -0.4 is 4.90 Å². The molecule has 1 atom stereocenters. The van der Waals surface area contributed by atoms with Gasteiger partial charge in [-0.2, -0.15) is 0 Å². The molecule has 0 fully saturated rings. The monoisotopic (exact) mass is 273 g/mol. The molecule has 0 saturated heterocycles. The van der Waals surface area contributed by atoms with E-state index in [1.165, 1.54) is 22.4 Å². The maximum atomic E-state index is 12.6. The summed E-state index contributed by atoms with van der Waals surface area (Å²) in [5.41, 5.74) is 4.88. The largest absolute Gasteiger partial charge is 0.464 e. The lowest BCUT2D eigenvalue weighted by Crippen LogP contribution is -2.53. The fraction of sp³-hybridized carbons (Fsp3) is 0.588. The van der Waals surface area contributed by atoms with Gasteiger partial charge < -0.3 is 9.64 Å². The molecule has 0 bridgehead atoms. The first-order valence-electron chi connectivity index (χ1n) is 7.69. The van der Waals surface area contributed by atoms with Crippen LogP contribution in [-0.2, 0) is 22.4 Å². The minimum absolute atomic E-state index is 0.0384. The van der Waals surface area contributed by atoms with Crippen LogP contribution in [0.3, 0.4) is 0 Å². The van der Waals surface area contributed by atoms with Gasteiger partial charge in [0.2, 0.25) is 0 Å². The molecule has 1 aromatic carbocycles. The van der Waals surface area contributed by atoms with Crippen molar-refractivity contribution in [3.63, 3.8) is 0 Å². The Morgan fingerprint density at radius 2 is 2.10 bits per heavy atom. The molecule has 3 nitrogen and oxygen atoms in total. The highest BCUT2D eigenvalue weighted by Gasteiger charge is 2.51. The van der Waals surface area contributed by atoms with E-state index in [2.05, 4.69) is 30.9 Å². The maximum Gasteiger partial charge on any atom is 0.332 e. The summed E-state index contributed by atoms with van der Waals surface area (Å²) in [5.74, 6) is -0.0384. The first kappa shape index (κ1) is 13.5. The van der Waals surface area contributed by atoms with Crippen molar-refractivity contribution < 1.29 is 9.53 Å². The van der Waals surface area contributed by atoms with Gasteiger partial charge in [0.25, 0.3) is 0 Å². The number of rotatable bonds is 4. The lowest BCUT2D eigenvalue weighted by Gasteiger charge is -2.35. The van der Waals surface area contributed by atoms with Gasteiger partial charge >= 0.3 is 5.97 Å². The topological polar surface area (TPSA) is 29.5 Å². The molecule has 2 aliphatic heterocycles. The van der Waals surface area contributed by atoms with E-state index in [4.69, 9.17) is 4.74 Å². The quantitative estimate of drug-likeness (QED) is 0.790. The third-order valence-electron chi connectivity index (χ3n) is 4.69. The number of hydrogen-bond donors (Lipinski definition) is 0. The number of esters is 1. The van der Waals surface area contributed by atoms with Gasteiger partial charge in [0.15, 0.2) is 0 Å². The Bertz CT molecular complexity index is 552. The molecule has 0 aliphatic carbocycles. The van der Waals surface area contributed by atoms with Crippen molar-refractivity contribution in [1.82, 2.24) is 0 Å². The summed E-state index contributed by atoms with van der Waals surface area (Å²) >= 11 is 0. The van der Waals surface area contributed by atoms with E-state index in [1.807, 2.05) is 6.92 Å². The van der Waals surface area contributed by atoms with E-state index < -0.39 is 5.54 Å². The van der Waals surface area contributed by atoms with Crippen molar-refractivity contribution in [3.8, 4) is 0 Å². The van der Waals surface area contributed by atoms with Gasteiger partial charge in [-0.1, -0.05) is 31.5 Å². The van der Waals surface area contributed by atoms with Crippen molar-refractivity contribution in [2.45, 2.75) is 52.0 Å². The van der Waals surface area contributed by atoms with Gasteiger partial charge in [-0.05, 0) is 37.3 Å². The number of benzene rings is 1. The van der Waals surface area contributed by atoms with E-state index in [1.54, 1.807) is 0 Å². The predicted molar refractivity (Wildman–Crippen MR) is 80.2 cm³/mol. The van der Waals surface area contributed by atoms with Gasteiger partial charge in [-0.25, -0.2) is 4.79 Å². The molecule has 2 heterocycles. The maximum absolute atomic E-state index is 12.6. The average Bonchev–Trinajstić information content (AvgIpc) is 2.99. The van der Waals surface area contributed by atoms with E-state index >= 15 is 0 Å². The van der Waals surface area contributed by atoms with Crippen LogP contribution in [0.4, 0.5) is 5.69 Å². The molecule has 20 heavy (non-hydrogen) atoms. The third kappa shape index (κ3) is 1.75. The van der Waals surface area contributed by atoms with Crippen molar-refractivity contribution in [1.29, 1.82) is 0 Å². The highest BCUT2D eigenvalue weighted by molar-refractivity contribution is 5.90. The average molecular weight is 273 g/mol. The summed E-state index contributed by atoms with van der Waals surface area (Å²) in [6, 6.07) is 4.50. The number of carbonyl (C=O) groups excluding carboxylic acids is 1. The summed E-state index contributed by atoms with van der Waals surface area (Å²) in [6.45, 7) is 7.74. The second-order valence-electron chi connectivity index (χ2n) is 6.03. The van der Waals surface area contributed by atoms with Crippen LogP contribution in [0.15, 0.2) is 12.1 Å². The zero-order chi connectivity index (χ0) is 14.3. The first-order valence-corrected chi connectivity index (χ1v) is 7.69. The molecule has 108 valence electrons. The molecule has 0 spiro atoms. The zero-order valence-electron chi connectivity index (χ0n) is 12.7. The Balaban J connectivity index is 1.99. The highest BCUT2D eigenvalue weighted by Crippen LogP contribution is 2.47. The summed E-state index contributed by atoms with van der Waals surface area (Å²) in [5, 5.41) is 0. The molecule has 0 N–H and O–H groups in total. The number of hydrogen-bond acceptors (Lipinski definition) is 3. The zero-order valence-corrected chi connectivity index (χ0v) is 12.7. The predicted octanol–water partition coefficient (Wildman–Crippen LogP) is 3.02. The fourth-order valence-electron chi connectivity index (χ4n) is 3.76. The molecule has 3 rings (SSSR count). The van der Waals surface area contributed by atoms with Crippen molar-refractivity contribution in [3.05, 3.63) is 28.8 Å². The Hall–Kier alpha value is -1.51. The van der Waals surface area contributed by atoms with Gasteiger partial charge in [0.1, 0.15) is 5.54 Å². The minimum Gasteiger partial charge on any atom is -0.464 e. The number of nitrogens with zero attached hydrogens (tertiary/aromatic N) is 1. The lowest BCUT2D eigenvalue weighted by atomic mass is 9.89. The van der Waals surface area contributed by atoms with E-state index in [0.717, 1.165) is 32.2 Å². The number of ether oxygens (including phenoxy) is 1. The number of anilines is 1. The van der Waals surface area contributed by atoms with E-state index in [-0.39, 0.29) is 5.97 Å². The van der Waals surface area contributed by atoms with Crippen LogP contribution >= 0.6 is 0 Å². The molecule has 1 unspecified atom stereocenters. The molecule has 1 aromatic rings. The number of aryl methyl sites for hydroxylation is 1. The second-order valence-corrected chi connectivity index (χ2v) is 6.03. The van der Waals surface area contributed by atoms with Crippen LogP contribution in [0.25, 0.3) is 0 Å². The summed E-state index contributed by atoms with van der Waals surface area (Å²) in [6.07, 6.45) is 3.54. The fourth-order valence-corrected chi connectivity index (χ4v) is 3.76. The molecule has 3 heteroatoms. The molecule has 0 aromatic heterocycles. The standard InChI is InChI=1S/C17H23NO2/c1-4-8-20-16(19)17(5-2)11-14-10-12(3)9-13-6-7-18(17)15(13)14/h9-10H,4-8,11H2,1-3H3. The van der Waals surface area contributed by atoms with Crippen molar-refractivity contribution >= 4 is 11.7 Å². The van der Waals surface area contributed by atoms with E-state index in [9.17, 15) is 4.79 Å². The Kier molecular flexibility index (Phi) is 3.23. The van der Waals surface area contributed by atoms with Crippen molar-refractivity contribution in [2.24, 2.45) is 0 Å². The van der Waals surface area contributed by atoms with Gasteiger partial charge in [-0.15, -0.1) is 0 Å². The second kappa shape index (κ2) is 4.80. The van der Waals surface area contributed by atoms with Crippen LogP contribution in [-0.4, -0.2) is 24.7 Å². The molecule has 0 saturated carbocycles. The Labute approximate surface area is 120 Å². The van der Waals surface area contributed by atoms with Gasteiger partial charge in [-0.3, -0.25) is 0 Å². The minimum atomic E-state index is -0.462. The molecule has 2 aliphatic rings. The molecule has 0 radical (unpaired) electrons. The summed E-state index contributed by atoms with van der Waals surface area (Å²) in [4.78, 5) is 15.0. The summed E-state index contributed by atoms with van der Waals surface area (Å²) < 4.78 is 5.51. The van der Waals surface area contributed by atoms with Gasteiger partial charge in [0, 0.05) is 18.7 Å². The lowest BCUT2D eigenvalue weighted by molar-refractivity contribution is -0.150. The molecular weight excluding hydrogens is 250 g/mol. The first-order chi connectivity index (χ1) is 9.62. The Morgan fingerprint density at radius 3 is 2.80 bits per heavy atom. The smallest absolute Gasteiger partial charge is 0.332 e. The van der Waals surface area contributed by atoms with Crippen LogP contribution in [0.1, 0.15) is 43.4 Å². The van der Waals surface area contributed by atoms with Crippen LogP contribution in [0.5, 0.6) is 0 Å². The SMILES string of the molecule is CCCOC(=O)C1(CC)Cc2cc(C)cc3c2N1CC3. The third-order valence-corrected chi connectivity index (χ3v) is 4.69. The molecular formula is C17H23NO2. The number of carbonyl (C=O) groups is 1.